The second kappa shape index (κ2) is 7.23. The van der Waals surface area contributed by atoms with E-state index in [0.29, 0.717) is 6.42 Å². The molecule has 0 spiro atoms. The van der Waals surface area contributed by atoms with E-state index in [1.165, 1.54) is 11.1 Å². The predicted octanol–water partition coefficient (Wildman–Crippen LogP) is 2.84. The number of hydrogen-bond donors (Lipinski definition) is 0. The molecule has 0 saturated carbocycles. The summed E-state index contributed by atoms with van der Waals surface area (Å²) in [5.41, 5.74) is 2.71. The standard InChI is InChI=1S/C15H23NO/c1-13-6-4-8-15(12-13)9-11-16(3)10-5-7-14(2)17/h4,6,8,12H,5,7,9-11H2,1-3H3. The van der Waals surface area contributed by atoms with E-state index in [4.69, 9.17) is 0 Å². The summed E-state index contributed by atoms with van der Waals surface area (Å²) in [6.07, 6.45) is 2.76. The molecule has 1 aromatic rings. The highest BCUT2D eigenvalue weighted by Crippen LogP contribution is 2.05. The largest absolute Gasteiger partial charge is 0.306 e. The summed E-state index contributed by atoms with van der Waals surface area (Å²) in [5, 5.41) is 0. The van der Waals surface area contributed by atoms with Crippen molar-refractivity contribution in [3.8, 4) is 0 Å². The lowest BCUT2D eigenvalue weighted by molar-refractivity contribution is -0.117. The highest BCUT2D eigenvalue weighted by atomic mass is 16.1. The Labute approximate surface area is 105 Å². The van der Waals surface area contributed by atoms with E-state index < -0.39 is 0 Å². The molecule has 1 rings (SSSR count). The zero-order chi connectivity index (χ0) is 12.7. The van der Waals surface area contributed by atoms with E-state index in [1.807, 2.05) is 0 Å². The first kappa shape index (κ1) is 13.9. The van der Waals surface area contributed by atoms with Gasteiger partial charge in [-0.05, 0) is 45.8 Å². The van der Waals surface area contributed by atoms with Crippen molar-refractivity contribution in [2.24, 2.45) is 0 Å². The fourth-order valence-corrected chi connectivity index (χ4v) is 1.90. The number of Topliss-reactive ketones (excluding diaryl/α,β-unsaturated/α-hetero) is 1. The molecule has 2 heteroatoms. The Bertz CT molecular complexity index is 360. The van der Waals surface area contributed by atoms with Crippen molar-refractivity contribution >= 4 is 5.78 Å². The Morgan fingerprint density at radius 1 is 1.29 bits per heavy atom. The minimum absolute atomic E-state index is 0.289. The Morgan fingerprint density at radius 2 is 2.06 bits per heavy atom. The second-order valence-corrected chi connectivity index (χ2v) is 4.85. The third-order valence-corrected chi connectivity index (χ3v) is 2.93. The molecule has 0 radical (unpaired) electrons. The maximum Gasteiger partial charge on any atom is 0.129 e. The number of aryl methyl sites for hydroxylation is 1. The van der Waals surface area contributed by atoms with Crippen LogP contribution in [0.2, 0.25) is 0 Å². The lowest BCUT2D eigenvalue weighted by Gasteiger charge is -2.16. The molecule has 0 amide bonds. The average molecular weight is 233 g/mol. The number of benzene rings is 1. The smallest absolute Gasteiger partial charge is 0.129 e. The molecule has 1 aromatic carbocycles. The van der Waals surface area contributed by atoms with Gasteiger partial charge in [-0.1, -0.05) is 29.8 Å². The number of likely N-dealkylation sites (N-methyl/N-ethyl adjacent to an activating group) is 1. The summed E-state index contributed by atoms with van der Waals surface area (Å²) >= 11 is 0. The number of nitrogens with zero attached hydrogens (tertiary/aromatic N) is 1. The molecule has 0 heterocycles. The molecule has 0 N–H and O–H groups in total. The van der Waals surface area contributed by atoms with Crippen molar-refractivity contribution < 1.29 is 4.79 Å². The van der Waals surface area contributed by atoms with Crippen molar-refractivity contribution in [3.05, 3.63) is 35.4 Å². The minimum atomic E-state index is 0.289. The number of carbonyl (C=O) groups is 1. The number of carbonyl (C=O) groups excluding carboxylic acids is 1. The van der Waals surface area contributed by atoms with Crippen LogP contribution in [0.5, 0.6) is 0 Å². The van der Waals surface area contributed by atoms with Crippen molar-refractivity contribution in [3.63, 3.8) is 0 Å². The normalized spacial score (nSPS) is 10.8. The van der Waals surface area contributed by atoms with E-state index in [0.717, 1.165) is 25.9 Å². The molecule has 0 saturated heterocycles. The van der Waals surface area contributed by atoms with Gasteiger partial charge < -0.3 is 9.69 Å². The highest BCUT2D eigenvalue weighted by Gasteiger charge is 2.01. The van der Waals surface area contributed by atoms with Crippen LogP contribution in [0.25, 0.3) is 0 Å². The molecule has 17 heavy (non-hydrogen) atoms. The van der Waals surface area contributed by atoms with E-state index >= 15 is 0 Å². The number of rotatable bonds is 7. The van der Waals surface area contributed by atoms with Crippen molar-refractivity contribution in [1.29, 1.82) is 0 Å². The maximum atomic E-state index is 10.8. The van der Waals surface area contributed by atoms with Crippen molar-refractivity contribution in [2.45, 2.75) is 33.1 Å². The summed E-state index contributed by atoms with van der Waals surface area (Å²) < 4.78 is 0. The van der Waals surface area contributed by atoms with E-state index in [9.17, 15) is 4.79 Å². The molecule has 0 unspecified atom stereocenters. The van der Waals surface area contributed by atoms with Gasteiger partial charge in [0.25, 0.3) is 0 Å². The summed E-state index contributed by atoms with van der Waals surface area (Å²) in [6.45, 7) is 5.85. The van der Waals surface area contributed by atoms with Crippen LogP contribution in [0.4, 0.5) is 0 Å². The van der Waals surface area contributed by atoms with Crippen LogP contribution in [-0.4, -0.2) is 30.8 Å². The van der Waals surface area contributed by atoms with E-state index in [1.54, 1.807) is 6.92 Å². The molecule has 2 nitrogen and oxygen atoms in total. The summed E-state index contributed by atoms with van der Waals surface area (Å²) in [6, 6.07) is 8.65. The third kappa shape index (κ3) is 6.22. The van der Waals surface area contributed by atoms with Crippen LogP contribution < -0.4 is 0 Å². The molecule has 0 aliphatic rings. The summed E-state index contributed by atoms with van der Waals surface area (Å²) in [4.78, 5) is 13.1. The van der Waals surface area contributed by atoms with Gasteiger partial charge in [0.15, 0.2) is 0 Å². The summed E-state index contributed by atoms with van der Waals surface area (Å²) in [5.74, 6) is 0.289. The monoisotopic (exact) mass is 233 g/mol. The molecule has 0 aliphatic carbocycles. The molecule has 0 atom stereocenters. The maximum absolute atomic E-state index is 10.8. The van der Waals surface area contributed by atoms with E-state index in [2.05, 4.69) is 43.1 Å². The van der Waals surface area contributed by atoms with Gasteiger partial charge in [0.2, 0.25) is 0 Å². The van der Waals surface area contributed by atoms with Gasteiger partial charge >= 0.3 is 0 Å². The van der Waals surface area contributed by atoms with Crippen molar-refractivity contribution in [2.75, 3.05) is 20.1 Å². The van der Waals surface area contributed by atoms with Gasteiger partial charge in [-0.2, -0.15) is 0 Å². The van der Waals surface area contributed by atoms with Crippen LogP contribution in [0.1, 0.15) is 30.9 Å². The van der Waals surface area contributed by atoms with Crippen molar-refractivity contribution in [1.82, 2.24) is 4.90 Å². The third-order valence-electron chi connectivity index (χ3n) is 2.93. The van der Waals surface area contributed by atoms with Gasteiger partial charge in [0.1, 0.15) is 5.78 Å². The van der Waals surface area contributed by atoms with E-state index in [-0.39, 0.29) is 5.78 Å². The lowest BCUT2D eigenvalue weighted by Crippen LogP contribution is -2.22. The molecular weight excluding hydrogens is 210 g/mol. The van der Waals surface area contributed by atoms with Crippen LogP contribution >= 0.6 is 0 Å². The molecule has 0 bridgehead atoms. The Morgan fingerprint density at radius 3 is 2.71 bits per heavy atom. The Hall–Kier alpha value is -1.15. The first-order chi connectivity index (χ1) is 8.08. The zero-order valence-corrected chi connectivity index (χ0v) is 11.2. The molecule has 94 valence electrons. The topological polar surface area (TPSA) is 20.3 Å². The molecule has 0 aliphatic heterocycles. The van der Waals surface area contributed by atoms with Gasteiger partial charge in [-0.15, -0.1) is 0 Å². The van der Waals surface area contributed by atoms with Gasteiger partial charge in [0.05, 0.1) is 0 Å². The quantitative estimate of drug-likeness (QED) is 0.722. The molecular formula is C15H23NO. The van der Waals surface area contributed by atoms with Crippen LogP contribution in [0.3, 0.4) is 0 Å². The average Bonchev–Trinajstić information content (AvgIpc) is 2.26. The first-order valence-electron chi connectivity index (χ1n) is 6.31. The first-order valence-corrected chi connectivity index (χ1v) is 6.31. The van der Waals surface area contributed by atoms with Crippen LogP contribution in [0.15, 0.2) is 24.3 Å². The second-order valence-electron chi connectivity index (χ2n) is 4.85. The van der Waals surface area contributed by atoms with Gasteiger partial charge in [-0.25, -0.2) is 0 Å². The Balaban J connectivity index is 2.23. The fourth-order valence-electron chi connectivity index (χ4n) is 1.90. The zero-order valence-electron chi connectivity index (χ0n) is 11.2. The fraction of sp³-hybridized carbons (Fsp3) is 0.533. The molecule has 0 fully saturated rings. The number of hydrogen-bond acceptors (Lipinski definition) is 2. The van der Waals surface area contributed by atoms with Crippen LogP contribution in [0, 0.1) is 6.92 Å². The SMILES string of the molecule is CC(=O)CCCN(C)CCc1cccc(C)c1. The minimum Gasteiger partial charge on any atom is -0.306 e. The predicted molar refractivity (Wildman–Crippen MR) is 72.3 cm³/mol. The highest BCUT2D eigenvalue weighted by molar-refractivity contribution is 5.75. The summed E-state index contributed by atoms with van der Waals surface area (Å²) in [7, 11) is 2.12. The molecule has 0 aromatic heterocycles. The van der Waals surface area contributed by atoms with Crippen LogP contribution in [-0.2, 0) is 11.2 Å². The Kier molecular flexibility index (Phi) is 5.92. The van der Waals surface area contributed by atoms with Gasteiger partial charge in [-0.3, -0.25) is 0 Å². The number of ketones is 1. The van der Waals surface area contributed by atoms with Gasteiger partial charge in [0, 0.05) is 13.0 Å². The lowest BCUT2D eigenvalue weighted by atomic mass is 10.1.